The first-order valence-electron chi connectivity index (χ1n) is 3.36. The van der Waals surface area contributed by atoms with E-state index in [1.165, 1.54) is 4.68 Å². The van der Waals surface area contributed by atoms with Gasteiger partial charge in [-0.2, -0.15) is 5.10 Å². The molecule has 5 heteroatoms. The normalized spacial score (nSPS) is 10.2. The lowest BCUT2D eigenvalue weighted by Crippen LogP contribution is -1.96. The van der Waals surface area contributed by atoms with Gasteiger partial charge in [0.2, 0.25) is 0 Å². The molecule has 0 aliphatic carbocycles. The number of carbonyl (C=O) groups excluding carboxylic acids is 1. The van der Waals surface area contributed by atoms with Crippen molar-refractivity contribution in [2.24, 2.45) is 7.05 Å². The van der Waals surface area contributed by atoms with Crippen LogP contribution in [0.4, 0.5) is 0 Å². The fraction of sp³-hybridized carbons (Fsp3) is 0.429. The zero-order valence-electron chi connectivity index (χ0n) is 6.87. The van der Waals surface area contributed by atoms with Crippen molar-refractivity contribution in [3.05, 3.63) is 16.4 Å². The summed E-state index contributed by atoms with van der Waals surface area (Å²) >= 11 is 5.81. The molecule has 0 fully saturated rings. The summed E-state index contributed by atoms with van der Waals surface area (Å²) < 4.78 is 6.28. The lowest BCUT2D eigenvalue weighted by Gasteiger charge is -1.91. The first-order valence-corrected chi connectivity index (χ1v) is 3.74. The highest BCUT2D eigenvalue weighted by Crippen LogP contribution is 2.18. The monoisotopic (exact) mass is 188 g/mol. The number of aryl methyl sites for hydroxylation is 1. The Morgan fingerprint density at radius 2 is 2.42 bits per heavy atom. The molecule has 0 aromatic carbocycles. The molecule has 0 saturated carbocycles. The molecule has 0 bridgehead atoms. The van der Waals surface area contributed by atoms with Gasteiger partial charge in [0.15, 0.2) is 6.29 Å². The Bertz CT molecular complexity index is 296. The molecule has 0 radical (unpaired) electrons. The van der Waals surface area contributed by atoms with Gasteiger partial charge in [-0.15, -0.1) is 0 Å². The van der Waals surface area contributed by atoms with E-state index in [1.807, 2.05) is 0 Å². The number of hydrogen-bond acceptors (Lipinski definition) is 3. The molecule has 1 aromatic rings. The van der Waals surface area contributed by atoms with E-state index < -0.39 is 0 Å². The number of halogens is 1. The van der Waals surface area contributed by atoms with E-state index in [4.69, 9.17) is 16.3 Å². The highest BCUT2D eigenvalue weighted by atomic mass is 35.5. The number of hydrogen-bond donors (Lipinski definition) is 0. The molecule has 12 heavy (non-hydrogen) atoms. The molecule has 66 valence electrons. The summed E-state index contributed by atoms with van der Waals surface area (Å²) in [5.41, 5.74) is 0.965. The molecule has 1 heterocycles. The number of methoxy groups -OCH3 is 1. The van der Waals surface area contributed by atoms with Crippen LogP contribution < -0.4 is 0 Å². The quantitative estimate of drug-likeness (QED) is 0.666. The minimum absolute atomic E-state index is 0.320. The highest BCUT2D eigenvalue weighted by molar-refractivity contribution is 6.33. The van der Waals surface area contributed by atoms with Gasteiger partial charge in [-0.05, 0) is 0 Å². The summed E-state index contributed by atoms with van der Waals surface area (Å²) in [6.07, 6.45) is 0.675. The van der Waals surface area contributed by atoms with E-state index in [2.05, 4.69) is 5.10 Å². The van der Waals surface area contributed by atoms with Crippen molar-refractivity contribution >= 4 is 17.9 Å². The van der Waals surface area contributed by atoms with Crippen LogP contribution in [0.5, 0.6) is 0 Å². The van der Waals surface area contributed by atoms with Crippen molar-refractivity contribution in [2.75, 3.05) is 7.11 Å². The average Bonchev–Trinajstić information content (AvgIpc) is 2.29. The second kappa shape index (κ2) is 3.69. The van der Waals surface area contributed by atoms with Crippen LogP contribution in [0.25, 0.3) is 0 Å². The maximum absolute atomic E-state index is 10.5. The number of aldehydes is 1. The average molecular weight is 189 g/mol. The van der Waals surface area contributed by atoms with Gasteiger partial charge in [0.25, 0.3) is 0 Å². The van der Waals surface area contributed by atoms with Crippen LogP contribution in [0.15, 0.2) is 0 Å². The molecule has 1 aromatic heterocycles. The van der Waals surface area contributed by atoms with Gasteiger partial charge in [0, 0.05) is 14.2 Å². The van der Waals surface area contributed by atoms with E-state index in [0.29, 0.717) is 29.3 Å². The van der Waals surface area contributed by atoms with Crippen LogP contribution in [0.3, 0.4) is 0 Å². The number of rotatable bonds is 3. The van der Waals surface area contributed by atoms with Crippen molar-refractivity contribution < 1.29 is 9.53 Å². The minimum atomic E-state index is 0.320. The Morgan fingerprint density at radius 3 is 2.83 bits per heavy atom. The fourth-order valence-corrected chi connectivity index (χ4v) is 1.18. The van der Waals surface area contributed by atoms with Crippen LogP contribution in [-0.4, -0.2) is 23.2 Å². The predicted octanol–water partition coefficient (Wildman–Crippen LogP) is 1.03. The summed E-state index contributed by atoms with van der Waals surface area (Å²) in [7, 11) is 3.21. The Kier molecular flexibility index (Phi) is 2.83. The molecule has 0 aliphatic heterocycles. The first-order chi connectivity index (χ1) is 5.70. The number of aromatic nitrogens is 2. The minimum Gasteiger partial charge on any atom is -0.378 e. The molecular formula is C7H9ClN2O2. The Hall–Kier alpha value is -0.870. The first kappa shape index (κ1) is 9.22. The van der Waals surface area contributed by atoms with Crippen molar-refractivity contribution in [1.82, 2.24) is 9.78 Å². The van der Waals surface area contributed by atoms with E-state index in [-0.39, 0.29) is 0 Å². The maximum Gasteiger partial charge on any atom is 0.169 e. The summed E-state index contributed by atoms with van der Waals surface area (Å²) in [4.78, 5) is 10.5. The third-order valence-corrected chi connectivity index (χ3v) is 1.90. The number of ether oxygens (including phenoxy) is 1. The Labute approximate surface area is 75.1 Å². The molecule has 0 spiro atoms. The predicted molar refractivity (Wildman–Crippen MR) is 44.3 cm³/mol. The number of carbonyl (C=O) groups is 1. The van der Waals surface area contributed by atoms with E-state index in [9.17, 15) is 4.79 Å². The lowest BCUT2D eigenvalue weighted by molar-refractivity contribution is 0.111. The zero-order valence-corrected chi connectivity index (χ0v) is 7.63. The molecule has 0 saturated heterocycles. The largest absolute Gasteiger partial charge is 0.378 e. The molecule has 0 atom stereocenters. The third-order valence-electron chi connectivity index (χ3n) is 1.49. The van der Waals surface area contributed by atoms with Gasteiger partial charge in [0.05, 0.1) is 11.6 Å². The Balaban J connectivity index is 3.08. The van der Waals surface area contributed by atoms with Crippen molar-refractivity contribution in [2.45, 2.75) is 6.61 Å². The lowest BCUT2D eigenvalue weighted by atomic mass is 10.4. The van der Waals surface area contributed by atoms with Crippen molar-refractivity contribution in [3.63, 3.8) is 0 Å². The molecule has 0 aliphatic rings. The molecule has 0 unspecified atom stereocenters. The van der Waals surface area contributed by atoms with Crippen LogP contribution >= 0.6 is 11.6 Å². The second-order valence-corrected chi connectivity index (χ2v) is 2.70. The van der Waals surface area contributed by atoms with Gasteiger partial charge in [-0.3, -0.25) is 9.48 Å². The second-order valence-electron chi connectivity index (χ2n) is 2.32. The van der Waals surface area contributed by atoms with Gasteiger partial charge < -0.3 is 4.74 Å². The molecule has 0 N–H and O–H groups in total. The fourth-order valence-electron chi connectivity index (χ4n) is 0.926. The van der Waals surface area contributed by atoms with Crippen molar-refractivity contribution in [3.8, 4) is 0 Å². The Morgan fingerprint density at radius 1 is 1.75 bits per heavy atom. The maximum atomic E-state index is 10.5. The van der Waals surface area contributed by atoms with Crippen LogP contribution in [-0.2, 0) is 18.4 Å². The summed E-state index contributed by atoms with van der Waals surface area (Å²) in [6.45, 7) is 0.320. The van der Waals surface area contributed by atoms with Crippen LogP contribution in [0, 0.1) is 0 Å². The molecule has 0 amide bonds. The van der Waals surface area contributed by atoms with Gasteiger partial charge in [0.1, 0.15) is 11.4 Å². The summed E-state index contributed by atoms with van der Waals surface area (Å²) in [5, 5.41) is 4.37. The third kappa shape index (κ3) is 1.49. The van der Waals surface area contributed by atoms with E-state index in [0.717, 1.165) is 0 Å². The van der Waals surface area contributed by atoms with E-state index in [1.54, 1.807) is 14.2 Å². The van der Waals surface area contributed by atoms with Gasteiger partial charge in [-0.1, -0.05) is 11.6 Å². The zero-order chi connectivity index (χ0) is 9.14. The van der Waals surface area contributed by atoms with Gasteiger partial charge >= 0.3 is 0 Å². The van der Waals surface area contributed by atoms with E-state index >= 15 is 0 Å². The van der Waals surface area contributed by atoms with Crippen LogP contribution in [0.1, 0.15) is 16.2 Å². The van der Waals surface area contributed by atoms with Crippen molar-refractivity contribution in [1.29, 1.82) is 0 Å². The number of nitrogens with zero attached hydrogens (tertiary/aromatic N) is 2. The summed E-state index contributed by atoms with van der Waals surface area (Å²) in [5.74, 6) is 0. The van der Waals surface area contributed by atoms with Crippen LogP contribution in [0.2, 0.25) is 5.02 Å². The van der Waals surface area contributed by atoms with Gasteiger partial charge in [-0.25, -0.2) is 0 Å². The summed E-state index contributed by atoms with van der Waals surface area (Å²) in [6, 6.07) is 0. The molecule has 4 nitrogen and oxygen atoms in total. The highest BCUT2D eigenvalue weighted by Gasteiger charge is 2.12. The SMILES string of the molecule is COCc1nn(C)c(C=O)c1Cl. The molecule has 1 rings (SSSR count). The standard InChI is InChI=1S/C7H9ClN2O2/c1-10-6(3-11)7(8)5(9-10)4-12-2/h3H,4H2,1-2H3. The molecular weight excluding hydrogens is 180 g/mol. The topological polar surface area (TPSA) is 44.1 Å². The smallest absolute Gasteiger partial charge is 0.169 e.